The summed E-state index contributed by atoms with van der Waals surface area (Å²) in [6.07, 6.45) is 0. The van der Waals surface area contributed by atoms with E-state index in [4.69, 9.17) is 10.5 Å². The second-order valence-electron chi connectivity index (χ2n) is 3.56. The molecule has 1 atom stereocenters. The monoisotopic (exact) mass is 248 g/mol. The zero-order chi connectivity index (χ0) is 12.2. The van der Waals surface area contributed by atoms with Gasteiger partial charge in [-0.3, -0.25) is 9.69 Å². The van der Waals surface area contributed by atoms with E-state index < -0.39 is 21.8 Å². The molecule has 0 aromatic carbocycles. The van der Waals surface area contributed by atoms with E-state index in [0.717, 1.165) is 5.41 Å². The number of hydrogen-bond acceptors (Lipinski definition) is 5. The van der Waals surface area contributed by atoms with Crippen molar-refractivity contribution < 1.29 is 17.9 Å². The Morgan fingerprint density at radius 1 is 1.62 bits per heavy atom. The minimum absolute atomic E-state index is 0.0553. The van der Waals surface area contributed by atoms with E-state index in [0.29, 0.717) is 13.2 Å². The van der Waals surface area contributed by atoms with E-state index in [9.17, 15) is 13.2 Å². The van der Waals surface area contributed by atoms with E-state index in [1.807, 2.05) is 0 Å². The summed E-state index contributed by atoms with van der Waals surface area (Å²) < 4.78 is 27.6. The van der Waals surface area contributed by atoms with Crippen LogP contribution in [0.3, 0.4) is 0 Å². The van der Waals surface area contributed by atoms with Crippen molar-refractivity contribution in [2.75, 3.05) is 32.1 Å². The fourth-order valence-corrected chi connectivity index (χ4v) is 2.15. The second-order valence-corrected chi connectivity index (χ2v) is 5.63. The maximum atomic E-state index is 11.2. The van der Waals surface area contributed by atoms with Crippen LogP contribution in [-0.4, -0.2) is 57.3 Å². The van der Waals surface area contributed by atoms with Crippen LogP contribution in [0.5, 0.6) is 0 Å². The van der Waals surface area contributed by atoms with Crippen molar-refractivity contribution in [3.8, 4) is 0 Å². The van der Waals surface area contributed by atoms with E-state index >= 15 is 0 Å². The maximum absolute atomic E-state index is 11.2. The molecule has 16 heavy (non-hydrogen) atoms. The number of carbonyl (C=O) groups is 1. The fourth-order valence-electron chi connectivity index (χ4n) is 1.50. The third kappa shape index (κ3) is 3.58. The standard InChI is InChI=1S/C9H16N2O4S/c1-2-16(13,14)6-4-11-3-5-15-7-8(11)9(10)12/h2,8H,1,3-7H2,(H2,10,12). The smallest absolute Gasteiger partial charge is 0.237 e. The minimum atomic E-state index is -3.24. The molecule has 0 aromatic heterocycles. The number of nitrogens with two attached hydrogens (primary N) is 1. The van der Waals surface area contributed by atoms with Gasteiger partial charge in [0.2, 0.25) is 5.91 Å². The average molecular weight is 248 g/mol. The molecule has 1 saturated heterocycles. The van der Waals surface area contributed by atoms with Crippen molar-refractivity contribution in [3.05, 3.63) is 12.0 Å². The van der Waals surface area contributed by atoms with Crippen molar-refractivity contribution in [3.63, 3.8) is 0 Å². The first-order chi connectivity index (χ1) is 7.46. The van der Waals surface area contributed by atoms with E-state index in [2.05, 4.69) is 6.58 Å². The highest BCUT2D eigenvalue weighted by atomic mass is 32.2. The summed E-state index contributed by atoms with van der Waals surface area (Å²) in [5.74, 6) is -0.545. The van der Waals surface area contributed by atoms with Gasteiger partial charge in [0.05, 0.1) is 19.0 Å². The van der Waals surface area contributed by atoms with Crippen LogP contribution in [-0.2, 0) is 19.4 Å². The molecule has 2 N–H and O–H groups in total. The van der Waals surface area contributed by atoms with E-state index in [1.54, 1.807) is 4.90 Å². The van der Waals surface area contributed by atoms with E-state index in [-0.39, 0.29) is 18.9 Å². The number of nitrogens with zero attached hydrogens (tertiary/aromatic N) is 1. The lowest BCUT2D eigenvalue weighted by molar-refractivity contribution is -0.129. The lowest BCUT2D eigenvalue weighted by atomic mass is 10.2. The highest BCUT2D eigenvalue weighted by molar-refractivity contribution is 7.94. The van der Waals surface area contributed by atoms with Crippen LogP contribution in [0.4, 0.5) is 0 Å². The number of carbonyl (C=O) groups excluding carboxylic acids is 1. The number of morpholine rings is 1. The summed E-state index contributed by atoms with van der Waals surface area (Å²) in [5.41, 5.74) is 5.20. The molecule has 1 rings (SSSR count). The Balaban J connectivity index is 2.57. The van der Waals surface area contributed by atoms with Crippen molar-refractivity contribution in [2.24, 2.45) is 5.73 Å². The third-order valence-corrected chi connectivity index (χ3v) is 3.74. The molecule has 1 unspecified atom stereocenters. The van der Waals surface area contributed by atoms with Gasteiger partial charge in [-0.15, -0.1) is 0 Å². The Labute approximate surface area is 95.0 Å². The van der Waals surface area contributed by atoms with Crippen LogP contribution in [0.15, 0.2) is 12.0 Å². The quantitative estimate of drug-likeness (QED) is 0.655. The number of sulfone groups is 1. The zero-order valence-electron chi connectivity index (χ0n) is 8.96. The van der Waals surface area contributed by atoms with E-state index in [1.165, 1.54) is 0 Å². The van der Waals surface area contributed by atoms with Crippen LogP contribution in [0.1, 0.15) is 0 Å². The van der Waals surface area contributed by atoms with Crippen molar-refractivity contribution in [2.45, 2.75) is 6.04 Å². The Hall–Kier alpha value is -0.920. The molecule has 0 aromatic rings. The maximum Gasteiger partial charge on any atom is 0.237 e. The van der Waals surface area contributed by atoms with Gasteiger partial charge in [-0.05, 0) is 0 Å². The number of ether oxygens (including phenoxy) is 1. The molecule has 0 aliphatic carbocycles. The van der Waals surface area contributed by atoms with Crippen LogP contribution < -0.4 is 5.73 Å². The fraction of sp³-hybridized carbons (Fsp3) is 0.667. The Bertz CT molecular complexity index is 366. The lowest BCUT2D eigenvalue weighted by Crippen LogP contribution is -2.53. The van der Waals surface area contributed by atoms with Gasteiger partial charge >= 0.3 is 0 Å². The summed E-state index contributed by atoms with van der Waals surface area (Å²) in [6, 6.07) is -0.534. The molecule has 92 valence electrons. The van der Waals surface area contributed by atoms with Crippen molar-refractivity contribution in [1.82, 2.24) is 4.90 Å². The third-order valence-electron chi connectivity index (χ3n) is 2.48. The van der Waals surface area contributed by atoms with Gasteiger partial charge in [0.15, 0.2) is 9.84 Å². The average Bonchev–Trinajstić information content (AvgIpc) is 2.27. The van der Waals surface area contributed by atoms with Gasteiger partial charge in [-0.1, -0.05) is 6.58 Å². The molecule has 1 aliphatic heterocycles. The van der Waals surface area contributed by atoms with Crippen LogP contribution in [0, 0.1) is 0 Å². The van der Waals surface area contributed by atoms with Crippen molar-refractivity contribution >= 4 is 15.7 Å². The zero-order valence-corrected chi connectivity index (χ0v) is 9.78. The largest absolute Gasteiger partial charge is 0.378 e. The highest BCUT2D eigenvalue weighted by Crippen LogP contribution is 2.07. The molecule has 1 aliphatic rings. The summed E-state index contributed by atoms with van der Waals surface area (Å²) >= 11 is 0. The summed E-state index contributed by atoms with van der Waals surface area (Å²) in [4.78, 5) is 12.8. The van der Waals surface area contributed by atoms with Gasteiger partial charge in [-0.25, -0.2) is 8.42 Å². The first-order valence-corrected chi connectivity index (χ1v) is 6.64. The molecular weight excluding hydrogens is 232 g/mol. The van der Waals surface area contributed by atoms with Gasteiger partial charge in [0, 0.05) is 18.5 Å². The second kappa shape index (κ2) is 5.42. The molecular formula is C9H16N2O4S. The topological polar surface area (TPSA) is 89.7 Å². The molecule has 7 heteroatoms. The number of hydrogen-bond donors (Lipinski definition) is 1. The number of primary amides is 1. The lowest BCUT2D eigenvalue weighted by Gasteiger charge is -2.33. The molecule has 0 spiro atoms. The molecule has 0 saturated carbocycles. The molecule has 6 nitrogen and oxygen atoms in total. The van der Waals surface area contributed by atoms with Gasteiger partial charge in [0.25, 0.3) is 0 Å². The first kappa shape index (κ1) is 13.1. The normalized spacial score (nSPS) is 22.9. The number of amides is 1. The molecule has 1 fully saturated rings. The molecule has 1 amide bonds. The van der Waals surface area contributed by atoms with Gasteiger partial charge in [-0.2, -0.15) is 0 Å². The summed E-state index contributed by atoms with van der Waals surface area (Å²) in [6.45, 7) is 4.72. The van der Waals surface area contributed by atoms with Gasteiger partial charge < -0.3 is 10.5 Å². The van der Waals surface area contributed by atoms with Gasteiger partial charge in [0.1, 0.15) is 6.04 Å². The Morgan fingerprint density at radius 3 is 2.88 bits per heavy atom. The predicted octanol–water partition coefficient (Wildman–Crippen LogP) is -1.27. The van der Waals surface area contributed by atoms with Crippen molar-refractivity contribution in [1.29, 1.82) is 0 Å². The minimum Gasteiger partial charge on any atom is -0.378 e. The Kier molecular flexibility index (Phi) is 4.45. The number of rotatable bonds is 5. The summed E-state index contributed by atoms with van der Waals surface area (Å²) in [5, 5.41) is 0.923. The van der Waals surface area contributed by atoms with Crippen LogP contribution in [0.2, 0.25) is 0 Å². The van der Waals surface area contributed by atoms with Crippen LogP contribution >= 0.6 is 0 Å². The first-order valence-electron chi connectivity index (χ1n) is 4.92. The highest BCUT2D eigenvalue weighted by Gasteiger charge is 2.27. The summed E-state index contributed by atoms with van der Waals surface area (Å²) in [7, 11) is -3.24. The molecule has 1 heterocycles. The molecule has 0 bridgehead atoms. The predicted molar refractivity (Wildman–Crippen MR) is 59.4 cm³/mol. The molecule has 0 radical (unpaired) electrons. The Morgan fingerprint density at radius 2 is 2.31 bits per heavy atom. The SMILES string of the molecule is C=CS(=O)(=O)CCN1CCOCC1C(N)=O. The van der Waals surface area contributed by atoms with Crippen LogP contribution in [0.25, 0.3) is 0 Å².